The Morgan fingerprint density at radius 1 is 1.38 bits per heavy atom. The van der Waals surface area contributed by atoms with Gasteiger partial charge in [-0.05, 0) is 17.7 Å². The molecule has 0 N–H and O–H groups in total. The fourth-order valence-corrected chi connectivity index (χ4v) is 1.83. The minimum absolute atomic E-state index is 0.353. The normalized spacial score (nSPS) is 20.8. The van der Waals surface area contributed by atoms with Crippen molar-refractivity contribution >= 4 is 10.9 Å². The van der Waals surface area contributed by atoms with Gasteiger partial charge in [0, 0.05) is 24.1 Å². The minimum Gasteiger partial charge on any atom is -0.368 e. The number of epoxide rings is 1. The van der Waals surface area contributed by atoms with Crippen molar-refractivity contribution in [3.8, 4) is 0 Å². The van der Waals surface area contributed by atoms with E-state index in [0.29, 0.717) is 6.10 Å². The second-order valence-corrected chi connectivity index (χ2v) is 3.53. The molecule has 0 amide bonds. The average molecular weight is 173 g/mol. The van der Waals surface area contributed by atoms with Gasteiger partial charge in [0.25, 0.3) is 0 Å². The summed E-state index contributed by atoms with van der Waals surface area (Å²) >= 11 is 0. The van der Waals surface area contributed by atoms with Crippen LogP contribution in [0.2, 0.25) is 0 Å². The number of rotatable bonds is 1. The second-order valence-electron chi connectivity index (χ2n) is 3.53. The zero-order valence-corrected chi connectivity index (χ0v) is 7.53. The number of ether oxygens (including phenoxy) is 1. The van der Waals surface area contributed by atoms with Gasteiger partial charge in [0.05, 0.1) is 6.61 Å². The molecule has 2 heteroatoms. The van der Waals surface area contributed by atoms with Crippen LogP contribution in [0.15, 0.2) is 30.5 Å². The molecule has 1 aromatic heterocycles. The third-order valence-electron chi connectivity index (χ3n) is 2.64. The first-order chi connectivity index (χ1) is 6.36. The molecular weight excluding hydrogens is 162 g/mol. The van der Waals surface area contributed by atoms with Gasteiger partial charge in [0.15, 0.2) is 0 Å². The molecule has 0 unspecified atom stereocenters. The lowest BCUT2D eigenvalue weighted by molar-refractivity contribution is 0.417. The predicted molar refractivity (Wildman–Crippen MR) is 51.6 cm³/mol. The first-order valence-electron chi connectivity index (χ1n) is 4.52. The Hall–Kier alpha value is -1.28. The average Bonchev–Trinajstić information content (AvgIpc) is 2.92. The highest BCUT2D eigenvalue weighted by Crippen LogP contribution is 2.34. The van der Waals surface area contributed by atoms with E-state index in [9.17, 15) is 0 Å². The van der Waals surface area contributed by atoms with Gasteiger partial charge < -0.3 is 9.30 Å². The standard InChI is InChI=1S/C11H11NO/c1-12-6-5-8-9(11-7-13-11)3-2-4-10(8)12/h2-6,11H,7H2,1H3/t11-/m1/s1. The van der Waals surface area contributed by atoms with Crippen LogP contribution in [-0.4, -0.2) is 11.2 Å². The summed E-state index contributed by atoms with van der Waals surface area (Å²) in [6.07, 6.45) is 2.45. The Morgan fingerprint density at radius 3 is 3.00 bits per heavy atom. The van der Waals surface area contributed by atoms with Crippen LogP contribution in [0.4, 0.5) is 0 Å². The molecule has 0 saturated carbocycles. The molecule has 1 aliphatic heterocycles. The zero-order valence-electron chi connectivity index (χ0n) is 7.53. The van der Waals surface area contributed by atoms with Crippen molar-refractivity contribution in [2.24, 2.45) is 7.05 Å². The summed E-state index contributed by atoms with van der Waals surface area (Å²) in [7, 11) is 2.07. The zero-order chi connectivity index (χ0) is 8.84. The van der Waals surface area contributed by atoms with Gasteiger partial charge >= 0.3 is 0 Å². The Morgan fingerprint density at radius 2 is 2.23 bits per heavy atom. The molecule has 1 aromatic carbocycles. The van der Waals surface area contributed by atoms with E-state index in [2.05, 4.69) is 42.1 Å². The number of benzene rings is 1. The SMILES string of the molecule is Cn1ccc2c([C@H]3CO3)cccc21. The van der Waals surface area contributed by atoms with Gasteiger partial charge in [0.2, 0.25) is 0 Å². The second kappa shape index (κ2) is 2.36. The predicted octanol–water partition coefficient (Wildman–Crippen LogP) is 2.25. The molecule has 13 heavy (non-hydrogen) atoms. The van der Waals surface area contributed by atoms with Crippen molar-refractivity contribution in [3.05, 3.63) is 36.0 Å². The molecule has 1 aliphatic rings. The lowest BCUT2D eigenvalue weighted by Crippen LogP contribution is -1.85. The quantitative estimate of drug-likeness (QED) is 0.604. The van der Waals surface area contributed by atoms with Gasteiger partial charge in [-0.25, -0.2) is 0 Å². The highest BCUT2D eigenvalue weighted by atomic mass is 16.6. The molecule has 2 nitrogen and oxygen atoms in total. The van der Waals surface area contributed by atoms with Gasteiger partial charge in [-0.15, -0.1) is 0 Å². The first-order valence-corrected chi connectivity index (χ1v) is 4.52. The monoisotopic (exact) mass is 173 g/mol. The summed E-state index contributed by atoms with van der Waals surface area (Å²) in [5.74, 6) is 0. The molecule has 1 fully saturated rings. The van der Waals surface area contributed by atoms with Crippen molar-refractivity contribution < 1.29 is 4.74 Å². The number of hydrogen-bond acceptors (Lipinski definition) is 1. The maximum Gasteiger partial charge on any atom is 0.107 e. The highest BCUT2D eigenvalue weighted by Gasteiger charge is 2.26. The van der Waals surface area contributed by atoms with Crippen LogP contribution in [0.25, 0.3) is 10.9 Å². The van der Waals surface area contributed by atoms with Crippen LogP contribution >= 0.6 is 0 Å². The maximum absolute atomic E-state index is 5.30. The van der Waals surface area contributed by atoms with Crippen LogP contribution in [0.3, 0.4) is 0 Å². The highest BCUT2D eigenvalue weighted by molar-refractivity contribution is 5.84. The Bertz CT molecular complexity index is 454. The smallest absolute Gasteiger partial charge is 0.107 e. The van der Waals surface area contributed by atoms with Crippen molar-refractivity contribution in [2.45, 2.75) is 6.10 Å². The largest absolute Gasteiger partial charge is 0.368 e. The topological polar surface area (TPSA) is 17.5 Å². The van der Waals surface area contributed by atoms with Crippen LogP contribution in [0.5, 0.6) is 0 Å². The van der Waals surface area contributed by atoms with Crippen molar-refractivity contribution in [1.82, 2.24) is 4.57 Å². The molecule has 2 aromatic rings. The molecule has 0 radical (unpaired) electrons. The van der Waals surface area contributed by atoms with E-state index in [4.69, 9.17) is 4.74 Å². The van der Waals surface area contributed by atoms with Gasteiger partial charge in [-0.2, -0.15) is 0 Å². The maximum atomic E-state index is 5.30. The molecule has 1 atom stereocenters. The van der Waals surface area contributed by atoms with Crippen LogP contribution in [0.1, 0.15) is 11.7 Å². The van der Waals surface area contributed by atoms with Crippen molar-refractivity contribution in [1.29, 1.82) is 0 Å². The third kappa shape index (κ3) is 0.988. The Balaban J connectivity index is 2.33. The minimum atomic E-state index is 0.353. The number of aryl methyl sites for hydroxylation is 1. The fraction of sp³-hybridized carbons (Fsp3) is 0.273. The molecule has 66 valence electrons. The van der Waals surface area contributed by atoms with Crippen LogP contribution in [0, 0.1) is 0 Å². The van der Waals surface area contributed by atoms with Gasteiger partial charge in [-0.1, -0.05) is 12.1 Å². The summed E-state index contributed by atoms with van der Waals surface area (Å²) in [5.41, 5.74) is 2.62. The first kappa shape index (κ1) is 7.15. The van der Waals surface area contributed by atoms with Crippen molar-refractivity contribution in [3.63, 3.8) is 0 Å². The van der Waals surface area contributed by atoms with E-state index in [1.54, 1.807) is 0 Å². The molecule has 0 aliphatic carbocycles. The summed E-state index contributed by atoms with van der Waals surface area (Å²) in [5, 5.41) is 1.33. The summed E-state index contributed by atoms with van der Waals surface area (Å²) in [6, 6.07) is 8.55. The van der Waals surface area contributed by atoms with Gasteiger partial charge in [0.1, 0.15) is 6.10 Å². The fourth-order valence-electron chi connectivity index (χ4n) is 1.83. The van der Waals surface area contributed by atoms with E-state index < -0.39 is 0 Å². The number of aromatic nitrogens is 1. The third-order valence-corrected chi connectivity index (χ3v) is 2.64. The number of nitrogens with zero attached hydrogens (tertiary/aromatic N) is 1. The van der Waals surface area contributed by atoms with E-state index >= 15 is 0 Å². The molecule has 2 heterocycles. The summed E-state index contributed by atoms with van der Waals surface area (Å²) in [4.78, 5) is 0. The summed E-state index contributed by atoms with van der Waals surface area (Å²) < 4.78 is 7.44. The number of hydrogen-bond donors (Lipinski definition) is 0. The molecule has 0 spiro atoms. The lowest BCUT2D eigenvalue weighted by Gasteiger charge is -1.99. The Kier molecular flexibility index (Phi) is 1.30. The van der Waals surface area contributed by atoms with E-state index in [0.717, 1.165) is 6.61 Å². The summed E-state index contributed by atoms with van der Waals surface area (Å²) in [6.45, 7) is 0.883. The molecular formula is C11H11NO. The van der Waals surface area contributed by atoms with E-state index in [1.807, 2.05) is 0 Å². The van der Waals surface area contributed by atoms with E-state index in [1.165, 1.54) is 16.5 Å². The lowest BCUT2D eigenvalue weighted by atomic mass is 10.1. The van der Waals surface area contributed by atoms with Crippen LogP contribution < -0.4 is 0 Å². The number of fused-ring (bicyclic) bond motifs is 1. The molecule has 3 rings (SSSR count). The van der Waals surface area contributed by atoms with Crippen molar-refractivity contribution in [2.75, 3.05) is 6.61 Å². The van der Waals surface area contributed by atoms with Crippen LogP contribution in [-0.2, 0) is 11.8 Å². The van der Waals surface area contributed by atoms with E-state index in [-0.39, 0.29) is 0 Å². The molecule has 1 saturated heterocycles. The molecule has 0 bridgehead atoms. The van der Waals surface area contributed by atoms with Gasteiger partial charge in [-0.3, -0.25) is 0 Å². The Labute approximate surface area is 76.7 Å².